The van der Waals surface area contributed by atoms with Gasteiger partial charge in [0.15, 0.2) is 23.8 Å². The minimum absolute atomic E-state index is 0.0960. The third-order valence-corrected chi connectivity index (χ3v) is 4.80. The summed E-state index contributed by atoms with van der Waals surface area (Å²) in [7, 11) is 0. The van der Waals surface area contributed by atoms with Crippen LogP contribution in [0.5, 0.6) is 0 Å². The molecule has 0 bridgehead atoms. The number of aromatic nitrogens is 4. The Morgan fingerprint density at radius 3 is 2.65 bits per heavy atom. The predicted octanol–water partition coefficient (Wildman–Crippen LogP) is -0.854. The van der Waals surface area contributed by atoms with Crippen molar-refractivity contribution in [1.82, 2.24) is 24.8 Å². The van der Waals surface area contributed by atoms with Crippen molar-refractivity contribution in [2.75, 3.05) is 18.0 Å². The zero-order valence-corrected chi connectivity index (χ0v) is 16.6. The maximum absolute atomic E-state index is 12.1. The number of carbonyl (C=O) groups excluding carboxylic acids is 1. The molecule has 160 valence electrons. The molecule has 1 aromatic carbocycles. The van der Waals surface area contributed by atoms with Crippen molar-refractivity contribution >= 4 is 28.6 Å². The van der Waals surface area contributed by atoms with Crippen molar-refractivity contribution in [3.63, 3.8) is 0 Å². The first-order valence-electron chi connectivity index (χ1n) is 9.56. The quantitative estimate of drug-likeness (QED) is 0.265. The van der Waals surface area contributed by atoms with Gasteiger partial charge in [-0.05, 0) is 37.1 Å². The molecule has 1 aliphatic heterocycles. The highest BCUT2D eigenvalue weighted by Crippen LogP contribution is 2.32. The first-order chi connectivity index (χ1) is 14.9. The van der Waals surface area contributed by atoms with Crippen LogP contribution in [0, 0.1) is 11.8 Å². The summed E-state index contributed by atoms with van der Waals surface area (Å²) in [6.45, 7) is 2.10. The fraction of sp³-hybridized carbons (Fsp3) is 0.300. The van der Waals surface area contributed by atoms with E-state index in [1.54, 1.807) is 31.2 Å². The number of benzene rings is 1. The number of nitrogens with zero attached hydrogens (tertiary/aromatic N) is 4. The Balaban J connectivity index is 1.68. The summed E-state index contributed by atoms with van der Waals surface area (Å²) in [5.41, 5.74) is 13.6. The number of aliphatic hydroxyl groups is 2. The number of ether oxygens (including phenoxy) is 1. The van der Waals surface area contributed by atoms with Crippen LogP contribution in [0.15, 0.2) is 30.6 Å². The van der Waals surface area contributed by atoms with E-state index >= 15 is 0 Å². The summed E-state index contributed by atoms with van der Waals surface area (Å²) in [6.07, 6.45) is -3.78. The minimum Gasteiger partial charge on any atom is -0.399 e. The van der Waals surface area contributed by atoms with Gasteiger partial charge in [0.1, 0.15) is 17.7 Å². The van der Waals surface area contributed by atoms with Crippen LogP contribution >= 0.6 is 0 Å². The first-order valence-corrected chi connectivity index (χ1v) is 9.56. The van der Waals surface area contributed by atoms with E-state index < -0.39 is 30.4 Å². The third-order valence-electron chi connectivity index (χ3n) is 4.80. The lowest BCUT2D eigenvalue weighted by molar-refractivity contribution is -0.137. The van der Waals surface area contributed by atoms with E-state index in [1.807, 2.05) is 0 Å². The summed E-state index contributed by atoms with van der Waals surface area (Å²) in [6, 6.07) is 6.99. The Labute approximate surface area is 177 Å². The van der Waals surface area contributed by atoms with Gasteiger partial charge in [-0.25, -0.2) is 15.0 Å². The molecule has 2 aromatic heterocycles. The lowest BCUT2D eigenvalue weighted by atomic mass is 10.1. The number of likely N-dealkylation sites (N-methyl/N-ethyl adjacent to an activating group) is 1. The van der Waals surface area contributed by atoms with Crippen molar-refractivity contribution in [2.45, 2.75) is 31.5 Å². The molecule has 4 atom stereocenters. The molecule has 0 unspecified atom stereocenters. The number of hydrogen-bond acceptors (Lipinski definition) is 9. The second-order valence-corrected chi connectivity index (χ2v) is 6.95. The zero-order valence-electron chi connectivity index (χ0n) is 16.6. The number of nitrogens with two attached hydrogens (primary N) is 2. The largest absolute Gasteiger partial charge is 0.399 e. The summed E-state index contributed by atoms with van der Waals surface area (Å²) in [5, 5.41) is 23.3. The Kier molecular flexibility index (Phi) is 5.43. The van der Waals surface area contributed by atoms with Gasteiger partial charge in [-0.2, -0.15) is 0 Å². The van der Waals surface area contributed by atoms with Crippen LogP contribution in [-0.4, -0.2) is 60.5 Å². The Morgan fingerprint density at radius 2 is 1.94 bits per heavy atom. The molecule has 1 aliphatic rings. The fourth-order valence-electron chi connectivity index (χ4n) is 3.26. The Morgan fingerprint density at radius 1 is 1.19 bits per heavy atom. The van der Waals surface area contributed by atoms with Crippen molar-refractivity contribution in [1.29, 1.82) is 0 Å². The van der Waals surface area contributed by atoms with Crippen molar-refractivity contribution < 1.29 is 19.7 Å². The van der Waals surface area contributed by atoms with Crippen molar-refractivity contribution in [3.8, 4) is 11.8 Å². The Hall–Kier alpha value is -3.72. The standard InChI is InChI=1S/C20H21N7O4/c1-2-23-19(30)16-14(28)15(29)20(31-16)27-9-24-13-17(22)25-12(26-18(13)27)8-5-10-3-6-11(21)7-4-10/h3-4,6-7,9,14-16,20,28-29H,2,21H2,1H3,(H,23,30)(H2,22,25,26)/t14-,15+,16-,20+/m0/s1. The van der Waals surface area contributed by atoms with Crippen LogP contribution in [0.4, 0.5) is 11.5 Å². The average Bonchev–Trinajstić information content (AvgIpc) is 3.29. The number of nitrogens with one attached hydrogen (secondary N) is 1. The summed E-state index contributed by atoms with van der Waals surface area (Å²) < 4.78 is 7.03. The maximum Gasteiger partial charge on any atom is 0.252 e. The average molecular weight is 423 g/mol. The number of fused-ring (bicyclic) bond motifs is 1. The molecule has 11 heteroatoms. The van der Waals surface area contributed by atoms with E-state index in [1.165, 1.54) is 10.9 Å². The van der Waals surface area contributed by atoms with Gasteiger partial charge in [0, 0.05) is 17.8 Å². The van der Waals surface area contributed by atoms with Gasteiger partial charge in [-0.1, -0.05) is 5.92 Å². The van der Waals surface area contributed by atoms with E-state index in [9.17, 15) is 15.0 Å². The zero-order chi connectivity index (χ0) is 22.1. The number of aliphatic hydroxyl groups excluding tert-OH is 2. The predicted molar refractivity (Wildman–Crippen MR) is 111 cm³/mol. The number of nitrogen functional groups attached to an aromatic ring is 2. The van der Waals surface area contributed by atoms with Crippen LogP contribution in [0.3, 0.4) is 0 Å². The topological polar surface area (TPSA) is 174 Å². The summed E-state index contributed by atoms with van der Waals surface area (Å²) in [4.78, 5) is 24.8. The molecule has 0 saturated carbocycles. The van der Waals surface area contributed by atoms with E-state index in [0.29, 0.717) is 17.8 Å². The van der Waals surface area contributed by atoms with Crippen LogP contribution < -0.4 is 16.8 Å². The van der Waals surface area contributed by atoms with Gasteiger partial charge < -0.3 is 31.7 Å². The lowest BCUT2D eigenvalue weighted by Gasteiger charge is -2.16. The lowest BCUT2D eigenvalue weighted by Crippen LogP contribution is -2.42. The van der Waals surface area contributed by atoms with E-state index in [0.717, 1.165) is 0 Å². The first kappa shape index (κ1) is 20.5. The molecule has 4 rings (SSSR count). The van der Waals surface area contributed by atoms with Gasteiger partial charge in [0.25, 0.3) is 5.91 Å². The van der Waals surface area contributed by atoms with Crippen molar-refractivity contribution in [3.05, 3.63) is 42.0 Å². The fourth-order valence-corrected chi connectivity index (χ4v) is 3.26. The van der Waals surface area contributed by atoms with Crippen molar-refractivity contribution in [2.24, 2.45) is 0 Å². The highest BCUT2D eigenvalue weighted by molar-refractivity contribution is 5.83. The number of anilines is 2. The van der Waals surface area contributed by atoms with E-state index in [-0.39, 0.29) is 22.8 Å². The summed E-state index contributed by atoms with van der Waals surface area (Å²) in [5.74, 6) is 5.47. The maximum atomic E-state index is 12.1. The highest BCUT2D eigenvalue weighted by Gasteiger charge is 2.47. The summed E-state index contributed by atoms with van der Waals surface area (Å²) >= 11 is 0. The molecule has 0 radical (unpaired) electrons. The van der Waals surface area contributed by atoms with Gasteiger partial charge in [0.2, 0.25) is 5.82 Å². The number of hydrogen-bond donors (Lipinski definition) is 5. The second-order valence-electron chi connectivity index (χ2n) is 6.95. The molecule has 7 N–H and O–H groups in total. The molecule has 11 nitrogen and oxygen atoms in total. The molecule has 3 aromatic rings. The SMILES string of the molecule is CCNC(=O)[C@H]1O[C@@H](n2cnc3c(N)nc(C#Cc4ccc(N)cc4)nc32)[C@H](O)[C@@H]1O. The molecular formula is C20H21N7O4. The number of amides is 1. The van der Waals surface area contributed by atoms with Crippen LogP contribution in [0.1, 0.15) is 24.5 Å². The normalized spacial score (nSPS) is 22.8. The van der Waals surface area contributed by atoms with Gasteiger partial charge in [-0.3, -0.25) is 9.36 Å². The minimum atomic E-state index is -1.42. The number of carbonyl (C=O) groups is 1. The third kappa shape index (κ3) is 3.87. The Bertz CT molecular complexity index is 1180. The second kappa shape index (κ2) is 8.19. The van der Waals surface area contributed by atoms with Crippen LogP contribution in [-0.2, 0) is 9.53 Å². The van der Waals surface area contributed by atoms with E-state index in [4.69, 9.17) is 16.2 Å². The van der Waals surface area contributed by atoms with E-state index in [2.05, 4.69) is 32.1 Å². The van der Waals surface area contributed by atoms with Gasteiger partial charge >= 0.3 is 0 Å². The van der Waals surface area contributed by atoms with Gasteiger partial charge in [-0.15, -0.1) is 0 Å². The molecule has 0 aliphatic carbocycles. The molecule has 0 spiro atoms. The number of rotatable bonds is 3. The molecule has 31 heavy (non-hydrogen) atoms. The molecular weight excluding hydrogens is 402 g/mol. The molecule has 3 heterocycles. The molecule has 1 fully saturated rings. The van der Waals surface area contributed by atoms with Crippen LogP contribution in [0.2, 0.25) is 0 Å². The van der Waals surface area contributed by atoms with Gasteiger partial charge in [0.05, 0.1) is 6.33 Å². The monoisotopic (exact) mass is 423 g/mol. The number of imidazole rings is 1. The molecule has 1 amide bonds. The highest BCUT2D eigenvalue weighted by atomic mass is 16.6. The van der Waals surface area contributed by atoms with Crippen LogP contribution in [0.25, 0.3) is 11.2 Å². The smallest absolute Gasteiger partial charge is 0.252 e. The molecule has 1 saturated heterocycles.